The maximum Gasteiger partial charge on any atom is 0.408 e. The number of ketones is 2. The zero-order valence-corrected chi connectivity index (χ0v) is 24.5. The lowest BCUT2D eigenvalue weighted by Crippen LogP contribution is -2.58. The van der Waals surface area contributed by atoms with Crippen LogP contribution >= 0.6 is 0 Å². The van der Waals surface area contributed by atoms with Gasteiger partial charge in [-0.05, 0) is 69.8 Å². The molecule has 2 aliphatic carbocycles. The summed E-state index contributed by atoms with van der Waals surface area (Å²) in [7, 11) is 0. The number of nitrogens with two attached hydrogens (primary N) is 1. The van der Waals surface area contributed by atoms with E-state index in [9.17, 15) is 28.8 Å². The summed E-state index contributed by atoms with van der Waals surface area (Å²) in [5.74, 6) is -3.07. The number of ether oxygens (including phenoxy) is 1. The number of piperidine rings is 1. The first-order valence-electron chi connectivity index (χ1n) is 14.2. The fraction of sp³-hybridized carbons (Fsp3) is 0.724. The number of amides is 4. The molecule has 11 nitrogen and oxygen atoms in total. The number of hydrogen-bond donors (Lipinski definition) is 3. The quantitative estimate of drug-likeness (QED) is 0.243. The van der Waals surface area contributed by atoms with E-state index in [-0.39, 0.29) is 41.8 Å². The predicted molar refractivity (Wildman–Crippen MR) is 147 cm³/mol. The van der Waals surface area contributed by atoms with Gasteiger partial charge in [0.25, 0.3) is 5.91 Å². The highest BCUT2D eigenvalue weighted by Crippen LogP contribution is 2.65. The first kappa shape index (κ1) is 31.3. The Morgan fingerprint density at radius 3 is 2.25 bits per heavy atom. The van der Waals surface area contributed by atoms with Crippen molar-refractivity contribution in [2.24, 2.45) is 28.9 Å². The van der Waals surface area contributed by atoms with E-state index in [1.165, 1.54) is 11.0 Å². The molecule has 0 aromatic heterocycles. The monoisotopic (exact) mass is 560 g/mol. The minimum atomic E-state index is -1.11. The van der Waals surface area contributed by atoms with Crippen LogP contribution in [0, 0.1) is 23.2 Å². The number of carbonyl (C=O) groups excluding carboxylic acids is 6. The fourth-order valence-corrected chi connectivity index (χ4v) is 6.00. The Morgan fingerprint density at radius 2 is 1.73 bits per heavy atom. The van der Waals surface area contributed by atoms with Crippen LogP contribution in [0.4, 0.5) is 4.79 Å². The molecule has 1 heterocycles. The van der Waals surface area contributed by atoms with Crippen molar-refractivity contribution in [2.45, 2.75) is 104 Å². The molecule has 1 aliphatic heterocycles. The van der Waals surface area contributed by atoms with Gasteiger partial charge in [-0.1, -0.05) is 39.2 Å². The SMILES string of the molecule is C/C=C/C(=O)CC[C@H](NC(=O)OC(C)(C)C)C(=O)N1C[C@H]2[C@@H]([C@H]1C(=O)NC(CC1CCC1)C(=O)C(N)=O)C2(C)C. The standard InChI is InChI=1S/C29H44N4O7/c1-7-9-17(34)12-13-19(32-27(39)40-28(2,3)4)26(38)33-15-18-21(29(18,5)6)22(33)25(37)31-20(23(35)24(30)36)14-16-10-8-11-16/h7,9,16,18-22H,8,10-15H2,1-6H3,(H2,30,36)(H,31,37)(H,32,39)/b9-7+/t18-,19-,20?,21-,22-/m0/s1. The first-order valence-corrected chi connectivity index (χ1v) is 14.2. The second kappa shape index (κ2) is 12.1. The number of alkyl carbamates (subject to hydrolysis) is 1. The van der Waals surface area contributed by atoms with Crippen LogP contribution in [0.3, 0.4) is 0 Å². The highest BCUT2D eigenvalue weighted by Gasteiger charge is 2.69. The average Bonchev–Trinajstić information content (AvgIpc) is 3.14. The minimum Gasteiger partial charge on any atom is -0.444 e. The number of Topliss-reactive ketones (excluding diaryl/α,β-unsaturated/α-hetero) is 1. The lowest BCUT2D eigenvalue weighted by atomic mass is 9.80. The molecule has 3 fully saturated rings. The zero-order chi connectivity index (χ0) is 30.0. The van der Waals surface area contributed by atoms with Crippen LogP contribution < -0.4 is 16.4 Å². The van der Waals surface area contributed by atoms with Crippen LogP contribution in [0.15, 0.2) is 12.2 Å². The van der Waals surface area contributed by atoms with E-state index in [1.54, 1.807) is 33.8 Å². The Balaban J connectivity index is 1.82. The van der Waals surface area contributed by atoms with Crippen molar-refractivity contribution in [1.29, 1.82) is 0 Å². The van der Waals surface area contributed by atoms with Crippen LogP contribution in [0.5, 0.6) is 0 Å². The van der Waals surface area contributed by atoms with Crippen LogP contribution in [0.1, 0.15) is 80.1 Å². The van der Waals surface area contributed by atoms with Gasteiger partial charge in [-0.3, -0.25) is 24.0 Å². The van der Waals surface area contributed by atoms with Gasteiger partial charge in [0.05, 0.1) is 6.04 Å². The number of allylic oxidation sites excluding steroid dienone is 2. The summed E-state index contributed by atoms with van der Waals surface area (Å²) in [6.07, 6.45) is 5.40. The number of nitrogens with zero attached hydrogens (tertiary/aromatic N) is 1. The van der Waals surface area contributed by atoms with Crippen LogP contribution in [0.25, 0.3) is 0 Å². The average molecular weight is 561 g/mol. The summed E-state index contributed by atoms with van der Waals surface area (Å²) in [6, 6.07) is -3.05. The van der Waals surface area contributed by atoms with Crippen LogP contribution in [-0.4, -0.2) is 70.6 Å². The Bertz CT molecular complexity index is 1070. The molecular formula is C29H44N4O7. The number of likely N-dealkylation sites (tertiary alicyclic amines) is 1. The maximum absolute atomic E-state index is 13.9. The van der Waals surface area contributed by atoms with E-state index in [0.29, 0.717) is 13.0 Å². The number of carbonyl (C=O) groups is 6. The Morgan fingerprint density at radius 1 is 1.07 bits per heavy atom. The maximum atomic E-state index is 13.9. The molecule has 4 N–H and O–H groups in total. The summed E-state index contributed by atoms with van der Waals surface area (Å²) >= 11 is 0. The van der Waals surface area contributed by atoms with E-state index in [2.05, 4.69) is 10.6 Å². The second-order valence-corrected chi connectivity index (χ2v) is 12.9. The van der Waals surface area contributed by atoms with E-state index >= 15 is 0 Å². The summed E-state index contributed by atoms with van der Waals surface area (Å²) in [4.78, 5) is 78.1. The number of nitrogens with one attached hydrogen (secondary N) is 2. The van der Waals surface area contributed by atoms with Gasteiger partial charge in [-0.2, -0.15) is 0 Å². The van der Waals surface area contributed by atoms with Crippen LogP contribution in [0.2, 0.25) is 0 Å². The largest absolute Gasteiger partial charge is 0.444 e. The molecule has 0 aromatic rings. The van der Waals surface area contributed by atoms with Gasteiger partial charge >= 0.3 is 6.09 Å². The normalized spacial score (nSPS) is 24.9. The molecule has 4 amide bonds. The second-order valence-electron chi connectivity index (χ2n) is 12.9. The van der Waals surface area contributed by atoms with Gasteiger partial charge in [0.1, 0.15) is 17.7 Å². The fourth-order valence-electron chi connectivity index (χ4n) is 6.00. The molecule has 0 radical (unpaired) electrons. The number of fused-ring (bicyclic) bond motifs is 1. The predicted octanol–water partition coefficient (Wildman–Crippen LogP) is 2.02. The van der Waals surface area contributed by atoms with Gasteiger partial charge in [0.2, 0.25) is 17.6 Å². The van der Waals surface area contributed by atoms with E-state index in [1.807, 2.05) is 13.8 Å². The van der Waals surface area contributed by atoms with Crippen LogP contribution in [-0.2, 0) is 28.7 Å². The number of primary amides is 1. The van der Waals surface area contributed by atoms with E-state index in [0.717, 1.165) is 19.3 Å². The third kappa shape index (κ3) is 7.28. The Kier molecular flexibility index (Phi) is 9.46. The molecule has 1 saturated heterocycles. The van der Waals surface area contributed by atoms with Crippen molar-refractivity contribution >= 4 is 35.4 Å². The molecule has 3 aliphatic rings. The molecule has 5 atom stereocenters. The van der Waals surface area contributed by atoms with Crippen molar-refractivity contribution in [3.05, 3.63) is 12.2 Å². The van der Waals surface area contributed by atoms with Crippen molar-refractivity contribution in [3.63, 3.8) is 0 Å². The summed E-state index contributed by atoms with van der Waals surface area (Å²) in [5, 5.41) is 5.34. The molecule has 11 heteroatoms. The van der Waals surface area contributed by atoms with Gasteiger partial charge < -0.3 is 26.0 Å². The number of hydrogen-bond acceptors (Lipinski definition) is 7. The van der Waals surface area contributed by atoms with Crippen molar-refractivity contribution in [3.8, 4) is 0 Å². The van der Waals surface area contributed by atoms with Crippen molar-refractivity contribution < 1.29 is 33.5 Å². The Hall–Kier alpha value is -3.24. The van der Waals surface area contributed by atoms with Gasteiger partial charge in [0, 0.05) is 13.0 Å². The zero-order valence-electron chi connectivity index (χ0n) is 24.5. The summed E-state index contributed by atoms with van der Waals surface area (Å²) in [6.45, 7) is 11.1. The number of rotatable bonds is 12. The van der Waals surface area contributed by atoms with Gasteiger partial charge in [0.15, 0.2) is 5.78 Å². The third-order valence-corrected chi connectivity index (χ3v) is 8.45. The molecule has 40 heavy (non-hydrogen) atoms. The molecule has 0 bridgehead atoms. The highest BCUT2D eigenvalue weighted by atomic mass is 16.6. The van der Waals surface area contributed by atoms with E-state index in [4.69, 9.17) is 10.5 Å². The molecule has 0 spiro atoms. The summed E-state index contributed by atoms with van der Waals surface area (Å²) in [5.41, 5.74) is 4.27. The molecule has 0 aromatic carbocycles. The third-order valence-electron chi connectivity index (χ3n) is 8.45. The molecule has 222 valence electrons. The first-order chi connectivity index (χ1) is 18.6. The Labute approximate surface area is 236 Å². The molecule has 2 saturated carbocycles. The highest BCUT2D eigenvalue weighted by molar-refractivity contribution is 6.37. The molecular weight excluding hydrogens is 516 g/mol. The molecule has 3 rings (SSSR count). The van der Waals surface area contributed by atoms with Crippen molar-refractivity contribution in [2.75, 3.05) is 6.54 Å². The molecule has 1 unspecified atom stereocenters. The van der Waals surface area contributed by atoms with Crippen molar-refractivity contribution in [1.82, 2.24) is 15.5 Å². The topological polar surface area (TPSA) is 165 Å². The smallest absolute Gasteiger partial charge is 0.408 e. The lowest BCUT2D eigenvalue weighted by Gasteiger charge is -2.34. The van der Waals surface area contributed by atoms with E-state index < -0.39 is 53.3 Å². The van der Waals surface area contributed by atoms with Gasteiger partial charge in [-0.15, -0.1) is 0 Å². The summed E-state index contributed by atoms with van der Waals surface area (Å²) < 4.78 is 5.35. The minimum absolute atomic E-state index is 0.0101. The lowest BCUT2D eigenvalue weighted by molar-refractivity contribution is -0.144. The van der Waals surface area contributed by atoms with Gasteiger partial charge in [-0.25, -0.2) is 4.79 Å².